The van der Waals surface area contributed by atoms with E-state index in [1.807, 2.05) is 24.3 Å². The molecule has 3 heteroatoms. The van der Waals surface area contributed by atoms with E-state index in [-0.39, 0.29) is 17.0 Å². The largest absolute Gasteiger partial charge is 0.454 e. The normalized spacial score (nSPS) is 12.4. The summed E-state index contributed by atoms with van der Waals surface area (Å²) >= 11 is 0. The predicted molar refractivity (Wildman–Crippen MR) is 42.9 cm³/mol. The van der Waals surface area contributed by atoms with Crippen LogP contribution < -0.4 is 9.47 Å². The molecule has 0 atom stereocenters. The van der Waals surface area contributed by atoms with Crippen LogP contribution in [0.3, 0.4) is 0 Å². The Bertz CT molecular complexity index is 202. The van der Waals surface area contributed by atoms with Gasteiger partial charge in [0.2, 0.25) is 6.79 Å². The fraction of sp³-hybridized carbons (Fsp3) is 0.143. The molecule has 10 heavy (non-hydrogen) atoms. The van der Waals surface area contributed by atoms with Gasteiger partial charge in [-0.3, -0.25) is 0 Å². The van der Waals surface area contributed by atoms with Crippen molar-refractivity contribution >= 4 is 17.0 Å². The van der Waals surface area contributed by atoms with E-state index in [9.17, 15) is 0 Å². The second-order valence-electron chi connectivity index (χ2n) is 1.85. The van der Waals surface area contributed by atoms with Gasteiger partial charge in [0.1, 0.15) is 0 Å². The summed E-state index contributed by atoms with van der Waals surface area (Å²) in [5.74, 6) is 1.69. The van der Waals surface area contributed by atoms with Gasteiger partial charge in [-0.05, 0) is 12.1 Å². The summed E-state index contributed by atoms with van der Waals surface area (Å²) in [6, 6.07) is 7.63. The maximum atomic E-state index is 5.08. The summed E-state index contributed by atoms with van der Waals surface area (Å²) in [4.78, 5) is 0. The average Bonchev–Trinajstić information content (AvgIpc) is 2.33. The first-order valence-corrected chi connectivity index (χ1v) is 2.81. The highest BCUT2D eigenvalue weighted by Crippen LogP contribution is 2.30. The molecule has 0 aliphatic carbocycles. The minimum Gasteiger partial charge on any atom is -0.454 e. The van der Waals surface area contributed by atoms with Crippen LogP contribution >= 0.6 is 17.0 Å². The summed E-state index contributed by atoms with van der Waals surface area (Å²) in [5.41, 5.74) is 0. The van der Waals surface area contributed by atoms with Gasteiger partial charge in [-0.2, -0.15) is 0 Å². The van der Waals surface area contributed by atoms with Crippen LogP contribution in [0.4, 0.5) is 0 Å². The Balaban J connectivity index is 0.000000500. The molecule has 54 valence electrons. The van der Waals surface area contributed by atoms with E-state index in [0.29, 0.717) is 6.79 Å². The molecule has 0 saturated heterocycles. The Morgan fingerprint density at radius 2 is 1.50 bits per heavy atom. The molecule has 0 radical (unpaired) electrons. The molecular formula is C7H7BrO2. The van der Waals surface area contributed by atoms with Crippen LogP contribution in [0.2, 0.25) is 0 Å². The fourth-order valence-corrected chi connectivity index (χ4v) is 0.845. The van der Waals surface area contributed by atoms with Crippen molar-refractivity contribution in [2.75, 3.05) is 6.79 Å². The number of hydrogen-bond acceptors (Lipinski definition) is 2. The third-order valence-corrected chi connectivity index (χ3v) is 1.28. The maximum absolute atomic E-state index is 5.08. The van der Waals surface area contributed by atoms with Crippen LogP contribution in [0.1, 0.15) is 0 Å². The van der Waals surface area contributed by atoms with Gasteiger partial charge in [0.25, 0.3) is 0 Å². The van der Waals surface area contributed by atoms with E-state index in [0.717, 1.165) is 11.5 Å². The topological polar surface area (TPSA) is 18.5 Å². The van der Waals surface area contributed by atoms with Gasteiger partial charge >= 0.3 is 0 Å². The number of halogens is 1. The summed E-state index contributed by atoms with van der Waals surface area (Å²) in [5, 5.41) is 0. The van der Waals surface area contributed by atoms with Crippen LogP contribution in [0.25, 0.3) is 0 Å². The van der Waals surface area contributed by atoms with Crippen molar-refractivity contribution in [3.63, 3.8) is 0 Å². The lowest BCUT2D eigenvalue weighted by Gasteiger charge is -1.89. The molecule has 1 aliphatic rings. The molecule has 2 rings (SSSR count). The Morgan fingerprint density at radius 3 is 2.00 bits per heavy atom. The number of benzene rings is 1. The van der Waals surface area contributed by atoms with Gasteiger partial charge < -0.3 is 9.47 Å². The molecular weight excluding hydrogens is 196 g/mol. The zero-order chi connectivity index (χ0) is 6.10. The summed E-state index contributed by atoms with van der Waals surface area (Å²) in [6.45, 7) is 0.360. The van der Waals surface area contributed by atoms with E-state index < -0.39 is 0 Å². The van der Waals surface area contributed by atoms with E-state index >= 15 is 0 Å². The zero-order valence-electron chi connectivity index (χ0n) is 5.24. The van der Waals surface area contributed by atoms with Crippen molar-refractivity contribution in [3.05, 3.63) is 24.3 Å². The molecule has 0 N–H and O–H groups in total. The van der Waals surface area contributed by atoms with Crippen molar-refractivity contribution in [2.45, 2.75) is 0 Å². The number of para-hydroxylation sites is 2. The second kappa shape index (κ2) is 2.92. The van der Waals surface area contributed by atoms with E-state index in [2.05, 4.69) is 0 Å². The highest BCUT2D eigenvalue weighted by Gasteiger charge is 2.09. The number of hydrogen-bond donors (Lipinski definition) is 0. The summed E-state index contributed by atoms with van der Waals surface area (Å²) < 4.78 is 10.2. The SMILES string of the molecule is Br.c1ccc2c(c1)OCO2. The van der Waals surface area contributed by atoms with Crippen molar-refractivity contribution in [2.24, 2.45) is 0 Å². The molecule has 1 heterocycles. The van der Waals surface area contributed by atoms with Gasteiger partial charge in [0.05, 0.1) is 0 Å². The van der Waals surface area contributed by atoms with Crippen molar-refractivity contribution in [1.29, 1.82) is 0 Å². The van der Waals surface area contributed by atoms with Gasteiger partial charge in [0.15, 0.2) is 11.5 Å². The highest BCUT2D eigenvalue weighted by atomic mass is 79.9. The number of rotatable bonds is 0. The fourth-order valence-electron chi connectivity index (χ4n) is 0.845. The first-order chi connectivity index (χ1) is 4.47. The second-order valence-corrected chi connectivity index (χ2v) is 1.85. The zero-order valence-corrected chi connectivity index (χ0v) is 6.95. The first kappa shape index (κ1) is 7.41. The Hall–Kier alpha value is -0.700. The van der Waals surface area contributed by atoms with Crippen molar-refractivity contribution < 1.29 is 9.47 Å². The molecule has 0 amide bonds. The van der Waals surface area contributed by atoms with E-state index in [4.69, 9.17) is 9.47 Å². The van der Waals surface area contributed by atoms with Gasteiger partial charge in [-0.15, -0.1) is 17.0 Å². The lowest BCUT2D eigenvalue weighted by molar-refractivity contribution is 0.174. The summed E-state index contributed by atoms with van der Waals surface area (Å²) in [7, 11) is 0. The first-order valence-electron chi connectivity index (χ1n) is 2.81. The molecule has 1 aromatic rings. The Kier molecular flexibility index (Phi) is 2.17. The summed E-state index contributed by atoms with van der Waals surface area (Å²) in [6.07, 6.45) is 0. The smallest absolute Gasteiger partial charge is 0.231 e. The van der Waals surface area contributed by atoms with Gasteiger partial charge in [-0.1, -0.05) is 12.1 Å². The lowest BCUT2D eigenvalue weighted by Crippen LogP contribution is -1.92. The van der Waals surface area contributed by atoms with Crippen LogP contribution in [-0.4, -0.2) is 6.79 Å². The maximum Gasteiger partial charge on any atom is 0.231 e. The minimum atomic E-state index is 0. The minimum absolute atomic E-state index is 0. The van der Waals surface area contributed by atoms with Gasteiger partial charge in [0, 0.05) is 0 Å². The van der Waals surface area contributed by atoms with Crippen LogP contribution in [0.5, 0.6) is 11.5 Å². The molecule has 0 fully saturated rings. The molecule has 0 aromatic heterocycles. The van der Waals surface area contributed by atoms with Crippen molar-refractivity contribution in [1.82, 2.24) is 0 Å². The Labute approximate surface area is 69.5 Å². The molecule has 1 aliphatic heterocycles. The average molecular weight is 203 g/mol. The quantitative estimate of drug-likeness (QED) is 0.641. The standard InChI is InChI=1S/C7H6O2.BrH/c1-2-4-7-6(3-1)8-5-9-7;/h1-4H,5H2;1H. The molecule has 0 saturated carbocycles. The molecule has 0 spiro atoms. The Morgan fingerprint density at radius 1 is 1.00 bits per heavy atom. The molecule has 1 aromatic carbocycles. The highest BCUT2D eigenvalue weighted by molar-refractivity contribution is 8.93. The monoisotopic (exact) mass is 202 g/mol. The van der Waals surface area contributed by atoms with Crippen molar-refractivity contribution in [3.8, 4) is 11.5 Å². The molecule has 2 nitrogen and oxygen atoms in total. The number of fused-ring (bicyclic) bond motifs is 1. The predicted octanol–water partition coefficient (Wildman–Crippen LogP) is 1.99. The lowest BCUT2D eigenvalue weighted by atomic mass is 10.3. The van der Waals surface area contributed by atoms with Crippen LogP contribution in [-0.2, 0) is 0 Å². The van der Waals surface area contributed by atoms with E-state index in [1.165, 1.54) is 0 Å². The van der Waals surface area contributed by atoms with Crippen LogP contribution in [0.15, 0.2) is 24.3 Å². The third kappa shape index (κ3) is 1.09. The van der Waals surface area contributed by atoms with Crippen LogP contribution in [0, 0.1) is 0 Å². The van der Waals surface area contributed by atoms with E-state index in [1.54, 1.807) is 0 Å². The molecule has 0 unspecified atom stereocenters. The van der Waals surface area contributed by atoms with Gasteiger partial charge in [-0.25, -0.2) is 0 Å². The third-order valence-electron chi connectivity index (χ3n) is 1.28. The molecule has 0 bridgehead atoms. The number of ether oxygens (including phenoxy) is 2.